The number of halogens is 1. The summed E-state index contributed by atoms with van der Waals surface area (Å²) < 4.78 is 6.39. The zero-order valence-electron chi connectivity index (χ0n) is 10.2. The number of methoxy groups -OCH3 is 1. The number of allylic oxidation sites excluding steroid dienone is 1. The van der Waals surface area contributed by atoms with Crippen LogP contribution in [0.4, 0.5) is 0 Å². The third kappa shape index (κ3) is 1.99. The highest BCUT2D eigenvalue weighted by atomic mass is 35.5. The number of pyridine rings is 1. The van der Waals surface area contributed by atoms with E-state index in [9.17, 15) is 4.79 Å². The van der Waals surface area contributed by atoms with Crippen LogP contribution in [0.1, 0.15) is 29.5 Å². The lowest BCUT2D eigenvalue weighted by molar-refractivity contribution is 0.0592. The lowest BCUT2D eigenvalue weighted by atomic mass is 10.1. The van der Waals surface area contributed by atoms with Gasteiger partial charge < -0.3 is 4.74 Å². The molecule has 0 atom stereocenters. The van der Waals surface area contributed by atoms with Crippen LogP contribution < -0.4 is 0 Å². The fraction of sp³-hybridized carbons (Fsp3) is 0.231. The average Bonchev–Trinajstić information content (AvgIpc) is 2.79. The normalized spacial score (nSPS) is 10.6. The molecule has 0 N–H and O–H groups in total. The Bertz CT molecular complexity index is 631. The Morgan fingerprint density at radius 3 is 2.89 bits per heavy atom. The molecule has 0 fully saturated rings. The maximum absolute atomic E-state index is 11.7. The van der Waals surface area contributed by atoms with E-state index < -0.39 is 5.97 Å². The van der Waals surface area contributed by atoms with E-state index in [1.807, 2.05) is 6.92 Å². The molecule has 0 spiro atoms. The molecule has 5 heteroatoms. The van der Waals surface area contributed by atoms with Crippen molar-refractivity contribution in [1.29, 1.82) is 0 Å². The quantitative estimate of drug-likeness (QED) is 0.800. The SMILES string of the molecule is C=C(CC)c1ncn2c(C(=O)OC)cc(Cl)cc12. The fourth-order valence-electron chi connectivity index (χ4n) is 1.76. The Balaban J connectivity index is 2.72. The van der Waals surface area contributed by atoms with Crippen LogP contribution in [-0.2, 0) is 4.74 Å². The highest BCUT2D eigenvalue weighted by Gasteiger charge is 2.15. The Labute approximate surface area is 110 Å². The van der Waals surface area contributed by atoms with Crippen LogP contribution in [0.5, 0.6) is 0 Å². The smallest absolute Gasteiger partial charge is 0.355 e. The second-order valence-electron chi connectivity index (χ2n) is 3.86. The fourth-order valence-corrected chi connectivity index (χ4v) is 1.97. The van der Waals surface area contributed by atoms with Crippen molar-refractivity contribution in [2.24, 2.45) is 0 Å². The minimum atomic E-state index is -0.450. The predicted molar refractivity (Wildman–Crippen MR) is 70.9 cm³/mol. The molecule has 18 heavy (non-hydrogen) atoms. The molecular weight excluding hydrogens is 252 g/mol. The highest BCUT2D eigenvalue weighted by molar-refractivity contribution is 6.31. The number of carbonyl (C=O) groups is 1. The van der Waals surface area contributed by atoms with Gasteiger partial charge in [0.1, 0.15) is 12.0 Å². The number of carbonyl (C=O) groups excluding carboxylic acids is 1. The molecule has 0 saturated carbocycles. The summed E-state index contributed by atoms with van der Waals surface area (Å²) in [6.45, 7) is 5.95. The van der Waals surface area contributed by atoms with E-state index in [0.29, 0.717) is 10.7 Å². The molecule has 2 aromatic rings. The second kappa shape index (κ2) is 4.82. The van der Waals surface area contributed by atoms with E-state index in [0.717, 1.165) is 23.2 Å². The second-order valence-corrected chi connectivity index (χ2v) is 4.29. The van der Waals surface area contributed by atoms with Crippen molar-refractivity contribution < 1.29 is 9.53 Å². The average molecular weight is 265 g/mol. The molecular formula is C13H13ClN2O2. The maximum atomic E-state index is 11.7. The number of imidazole rings is 1. The van der Waals surface area contributed by atoms with Crippen molar-refractivity contribution in [2.75, 3.05) is 7.11 Å². The molecule has 0 aromatic carbocycles. The van der Waals surface area contributed by atoms with Crippen LogP contribution in [0.3, 0.4) is 0 Å². The topological polar surface area (TPSA) is 43.6 Å². The van der Waals surface area contributed by atoms with Gasteiger partial charge in [0.2, 0.25) is 0 Å². The number of rotatable bonds is 3. The van der Waals surface area contributed by atoms with Crippen molar-refractivity contribution >= 4 is 28.7 Å². The molecule has 2 rings (SSSR count). The summed E-state index contributed by atoms with van der Waals surface area (Å²) in [7, 11) is 1.33. The van der Waals surface area contributed by atoms with Gasteiger partial charge in [-0.25, -0.2) is 9.78 Å². The van der Waals surface area contributed by atoms with E-state index in [1.165, 1.54) is 7.11 Å². The van der Waals surface area contributed by atoms with Crippen LogP contribution in [-0.4, -0.2) is 22.5 Å². The molecule has 4 nitrogen and oxygen atoms in total. The first-order valence-corrected chi connectivity index (χ1v) is 5.89. The summed E-state index contributed by atoms with van der Waals surface area (Å²) in [5.41, 5.74) is 2.76. The molecule has 2 aromatic heterocycles. The molecule has 94 valence electrons. The van der Waals surface area contributed by atoms with Gasteiger partial charge in [-0.1, -0.05) is 25.1 Å². The van der Waals surface area contributed by atoms with Gasteiger partial charge in [0, 0.05) is 5.02 Å². The summed E-state index contributed by atoms with van der Waals surface area (Å²) in [6.07, 6.45) is 2.36. The molecule has 0 bridgehead atoms. The maximum Gasteiger partial charge on any atom is 0.355 e. The summed E-state index contributed by atoms with van der Waals surface area (Å²) in [6, 6.07) is 3.32. The number of esters is 1. The number of nitrogens with zero attached hydrogens (tertiary/aromatic N) is 2. The summed E-state index contributed by atoms with van der Waals surface area (Å²) in [5.74, 6) is -0.450. The largest absolute Gasteiger partial charge is 0.464 e. The van der Waals surface area contributed by atoms with Gasteiger partial charge in [0.15, 0.2) is 0 Å². The van der Waals surface area contributed by atoms with Crippen molar-refractivity contribution in [3.8, 4) is 0 Å². The number of hydrogen-bond acceptors (Lipinski definition) is 3. The van der Waals surface area contributed by atoms with Gasteiger partial charge >= 0.3 is 5.97 Å². The Hall–Kier alpha value is -1.81. The minimum absolute atomic E-state index is 0.350. The van der Waals surface area contributed by atoms with E-state index >= 15 is 0 Å². The highest BCUT2D eigenvalue weighted by Crippen LogP contribution is 2.24. The van der Waals surface area contributed by atoms with Crippen molar-refractivity contribution in [1.82, 2.24) is 9.38 Å². The van der Waals surface area contributed by atoms with E-state index in [-0.39, 0.29) is 0 Å². The Kier molecular flexibility index (Phi) is 3.39. The van der Waals surface area contributed by atoms with Crippen LogP contribution in [0, 0.1) is 0 Å². The summed E-state index contributed by atoms with van der Waals surface area (Å²) >= 11 is 6.02. The monoisotopic (exact) mass is 264 g/mol. The molecule has 0 unspecified atom stereocenters. The number of ether oxygens (including phenoxy) is 1. The van der Waals surface area contributed by atoms with Gasteiger partial charge in [-0.15, -0.1) is 0 Å². The summed E-state index contributed by atoms with van der Waals surface area (Å²) in [5, 5.41) is 0.466. The van der Waals surface area contributed by atoms with E-state index in [1.54, 1.807) is 22.9 Å². The first-order chi connectivity index (χ1) is 8.58. The van der Waals surface area contributed by atoms with Crippen LogP contribution in [0.25, 0.3) is 11.1 Å². The van der Waals surface area contributed by atoms with Crippen molar-refractivity contribution in [3.63, 3.8) is 0 Å². The molecule has 0 aliphatic carbocycles. The van der Waals surface area contributed by atoms with E-state index in [4.69, 9.17) is 16.3 Å². The molecule has 0 radical (unpaired) electrons. The summed E-state index contributed by atoms with van der Waals surface area (Å²) in [4.78, 5) is 16.0. The van der Waals surface area contributed by atoms with Crippen LogP contribution in [0.2, 0.25) is 5.02 Å². The molecule has 2 heterocycles. The molecule has 0 saturated heterocycles. The molecule has 0 aliphatic heterocycles. The van der Waals surface area contributed by atoms with Crippen molar-refractivity contribution in [2.45, 2.75) is 13.3 Å². The first kappa shape index (κ1) is 12.6. The van der Waals surface area contributed by atoms with Gasteiger partial charge in [-0.05, 0) is 24.1 Å². The zero-order chi connectivity index (χ0) is 13.3. The van der Waals surface area contributed by atoms with Crippen LogP contribution >= 0.6 is 11.6 Å². The van der Waals surface area contributed by atoms with Crippen molar-refractivity contribution in [3.05, 3.63) is 41.4 Å². The third-order valence-corrected chi connectivity index (χ3v) is 2.99. The Morgan fingerprint density at radius 2 is 2.28 bits per heavy atom. The number of hydrogen-bond donors (Lipinski definition) is 0. The first-order valence-electron chi connectivity index (χ1n) is 5.51. The lowest BCUT2D eigenvalue weighted by Gasteiger charge is -2.05. The molecule has 0 aliphatic rings. The lowest BCUT2D eigenvalue weighted by Crippen LogP contribution is -2.07. The van der Waals surface area contributed by atoms with Gasteiger partial charge in [0.25, 0.3) is 0 Å². The Morgan fingerprint density at radius 1 is 1.56 bits per heavy atom. The van der Waals surface area contributed by atoms with Crippen LogP contribution in [0.15, 0.2) is 25.0 Å². The van der Waals surface area contributed by atoms with Gasteiger partial charge in [0.05, 0.1) is 18.3 Å². The number of aromatic nitrogens is 2. The van der Waals surface area contributed by atoms with E-state index in [2.05, 4.69) is 11.6 Å². The zero-order valence-corrected chi connectivity index (χ0v) is 11.0. The molecule has 0 amide bonds. The predicted octanol–water partition coefficient (Wildman–Crippen LogP) is 3.20. The minimum Gasteiger partial charge on any atom is -0.464 e. The number of fused-ring (bicyclic) bond motifs is 1. The van der Waals surface area contributed by atoms with Gasteiger partial charge in [-0.3, -0.25) is 4.40 Å². The third-order valence-electron chi connectivity index (χ3n) is 2.77. The van der Waals surface area contributed by atoms with Gasteiger partial charge in [-0.2, -0.15) is 0 Å². The standard InChI is InChI=1S/C13H13ClN2O2/c1-4-8(2)12-10-5-9(14)6-11(13(17)18-3)16(10)7-15-12/h5-7H,2,4H2,1,3H3.